The highest BCUT2D eigenvalue weighted by atomic mass is 35.5. The Morgan fingerprint density at radius 1 is 1.22 bits per heavy atom. The Balaban J connectivity index is 1.98. The Bertz CT molecular complexity index is 524. The predicted octanol–water partition coefficient (Wildman–Crippen LogP) is 4.39. The fourth-order valence-corrected chi connectivity index (χ4v) is 2.14. The Morgan fingerprint density at radius 3 is 2.39 bits per heavy atom. The Labute approximate surface area is 110 Å². The summed E-state index contributed by atoms with van der Waals surface area (Å²) in [5, 5.41) is 0. The minimum atomic E-state index is -4.33. The quantitative estimate of drug-likeness (QED) is 0.837. The number of aromatic nitrogens is 1. The van der Waals surface area contributed by atoms with Gasteiger partial charge in [-0.1, -0.05) is 11.6 Å². The summed E-state index contributed by atoms with van der Waals surface area (Å²) in [4.78, 5) is 4.64. The van der Waals surface area contributed by atoms with E-state index in [1.165, 1.54) is 23.5 Å². The number of nitrogens with zero attached hydrogens (tertiary/aromatic N) is 1. The molecule has 0 amide bonds. The first-order chi connectivity index (χ1) is 8.45. The molecule has 2 rings (SSSR count). The second-order valence-corrected chi connectivity index (χ2v) is 5.09. The second kappa shape index (κ2) is 5.16. The molecule has 0 saturated carbocycles. The van der Waals surface area contributed by atoms with E-state index in [4.69, 9.17) is 16.3 Å². The zero-order chi connectivity index (χ0) is 13.2. The molecule has 1 aromatic carbocycles. The summed E-state index contributed by atoms with van der Waals surface area (Å²) in [5.74, 6) is 0.368. The molecule has 7 heteroatoms. The molecule has 0 aliphatic heterocycles. The SMILES string of the molecule is FC(F)(F)c1ccc(OCc2cnc(Cl)s2)cc1. The summed E-state index contributed by atoms with van der Waals surface area (Å²) in [7, 11) is 0. The molecule has 0 aliphatic rings. The van der Waals surface area contributed by atoms with Crippen LogP contribution in [0.3, 0.4) is 0 Å². The number of halogens is 4. The van der Waals surface area contributed by atoms with Gasteiger partial charge in [-0.15, -0.1) is 11.3 Å². The molecular weight excluding hydrogens is 287 g/mol. The summed E-state index contributed by atoms with van der Waals surface area (Å²) in [5.41, 5.74) is -0.698. The molecule has 0 bridgehead atoms. The van der Waals surface area contributed by atoms with Crippen molar-refractivity contribution in [2.24, 2.45) is 0 Å². The Kier molecular flexibility index (Phi) is 3.77. The fourth-order valence-electron chi connectivity index (χ4n) is 1.24. The van der Waals surface area contributed by atoms with Gasteiger partial charge < -0.3 is 4.74 Å². The van der Waals surface area contributed by atoms with Gasteiger partial charge in [0.15, 0.2) is 4.47 Å². The second-order valence-electron chi connectivity index (χ2n) is 3.39. The predicted molar refractivity (Wildman–Crippen MR) is 62.9 cm³/mol. The van der Waals surface area contributed by atoms with Gasteiger partial charge in [0, 0.05) is 6.20 Å². The summed E-state index contributed by atoms with van der Waals surface area (Å²) in [6.45, 7) is 0.232. The van der Waals surface area contributed by atoms with Crippen LogP contribution in [-0.2, 0) is 12.8 Å². The zero-order valence-electron chi connectivity index (χ0n) is 8.87. The molecule has 18 heavy (non-hydrogen) atoms. The van der Waals surface area contributed by atoms with Crippen LogP contribution in [0.5, 0.6) is 5.75 Å². The lowest BCUT2D eigenvalue weighted by Gasteiger charge is -2.08. The van der Waals surface area contributed by atoms with Gasteiger partial charge >= 0.3 is 6.18 Å². The molecule has 0 fully saturated rings. The van der Waals surface area contributed by atoms with Crippen LogP contribution in [0.4, 0.5) is 13.2 Å². The van der Waals surface area contributed by atoms with Crippen LogP contribution in [0.2, 0.25) is 4.47 Å². The first-order valence-corrected chi connectivity index (χ1v) is 6.05. The third-order valence-corrected chi connectivity index (χ3v) is 3.18. The van der Waals surface area contributed by atoms with Gasteiger partial charge in [-0.3, -0.25) is 0 Å². The minimum absolute atomic E-state index is 0.232. The molecular formula is C11H7ClF3NOS. The monoisotopic (exact) mass is 293 g/mol. The molecule has 0 unspecified atom stereocenters. The van der Waals surface area contributed by atoms with Crippen LogP contribution in [0.15, 0.2) is 30.5 Å². The number of thiazole rings is 1. The van der Waals surface area contributed by atoms with E-state index in [1.807, 2.05) is 0 Å². The van der Waals surface area contributed by atoms with E-state index in [2.05, 4.69) is 4.98 Å². The number of rotatable bonds is 3. The van der Waals surface area contributed by atoms with Crippen molar-refractivity contribution in [3.63, 3.8) is 0 Å². The van der Waals surface area contributed by atoms with E-state index in [9.17, 15) is 13.2 Å². The number of hydrogen-bond donors (Lipinski definition) is 0. The number of ether oxygens (including phenoxy) is 1. The highest BCUT2D eigenvalue weighted by Crippen LogP contribution is 2.30. The maximum atomic E-state index is 12.3. The van der Waals surface area contributed by atoms with Crippen molar-refractivity contribution >= 4 is 22.9 Å². The molecule has 0 saturated heterocycles. The standard InChI is InChI=1S/C11H7ClF3NOS/c12-10-16-5-9(18-10)6-17-8-3-1-7(2-4-8)11(13,14)15/h1-5H,6H2. The van der Waals surface area contributed by atoms with Crippen LogP contribution >= 0.6 is 22.9 Å². The van der Waals surface area contributed by atoms with Gasteiger partial charge in [0.1, 0.15) is 12.4 Å². The highest BCUT2D eigenvalue weighted by molar-refractivity contribution is 7.15. The molecule has 2 nitrogen and oxygen atoms in total. The van der Waals surface area contributed by atoms with Crippen molar-refractivity contribution in [3.8, 4) is 5.75 Å². The normalized spacial score (nSPS) is 11.6. The maximum Gasteiger partial charge on any atom is 0.416 e. The topological polar surface area (TPSA) is 22.1 Å². The maximum absolute atomic E-state index is 12.3. The van der Waals surface area contributed by atoms with Crippen LogP contribution < -0.4 is 4.74 Å². The molecule has 0 spiro atoms. The molecule has 0 N–H and O–H groups in total. The third-order valence-electron chi connectivity index (χ3n) is 2.09. The van der Waals surface area contributed by atoms with Crippen molar-refractivity contribution in [1.29, 1.82) is 0 Å². The van der Waals surface area contributed by atoms with E-state index in [-0.39, 0.29) is 6.61 Å². The van der Waals surface area contributed by atoms with Crippen LogP contribution in [-0.4, -0.2) is 4.98 Å². The summed E-state index contributed by atoms with van der Waals surface area (Å²) in [6, 6.07) is 4.53. The largest absolute Gasteiger partial charge is 0.488 e. The van der Waals surface area contributed by atoms with E-state index in [0.29, 0.717) is 10.2 Å². The van der Waals surface area contributed by atoms with E-state index >= 15 is 0 Å². The average molecular weight is 294 g/mol. The number of hydrogen-bond acceptors (Lipinski definition) is 3. The molecule has 0 atom stereocenters. The fraction of sp³-hybridized carbons (Fsp3) is 0.182. The van der Waals surface area contributed by atoms with E-state index < -0.39 is 11.7 Å². The van der Waals surface area contributed by atoms with Crippen molar-refractivity contribution in [2.75, 3.05) is 0 Å². The summed E-state index contributed by atoms with van der Waals surface area (Å²) < 4.78 is 42.7. The molecule has 1 aromatic heterocycles. The zero-order valence-corrected chi connectivity index (χ0v) is 10.4. The lowest BCUT2D eigenvalue weighted by Crippen LogP contribution is -2.04. The lowest BCUT2D eigenvalue weighted by atomic mass is 10.2. The van der Waals surface area contributed by atoms with Crippen molar-refractivity contribution in [1.82, 2.24) is 4.98 Å². The lowest BCUT2D eigenvalue weighted by molar-refractivity contribution is -0.137. The minimum Gasteiger partial charge on any atom is -0.488 e. The molecule has 1 heterocycles. The molecule has 0 aliphatic carbocycles. The van der Waals surface area contributed by atoms with Crippen molar-refractivity contribution < 1.29 is 17.9 Å². The Morgan fingerprint density at radius 2 is 1.89 bits per heavy atom. The average Bonchev–Trinajstić information content (AvgIpc) is 2.72. The van der Waals surface area contributed by atoms with Gasteiger partial charge in [0.05, 0.1) is 10.4 Å². The molecule has 2 aromatic rings. The van der Waals surface area contributed by atoms with Crippen molar-refractivity contribution in [2.45, 2.75) is 12.8 Å². The first kappa shape index (κ1) is 13.2. The Hall–Kier alpha value is -1.27. The van der Waals surface area contributed by atoms with Gasteiger partial charge in [0.25, 0.3) is 0 Å². The molecule has 96 valence electrons. The number of alkyl halides is 3. The third kappa shape index (κ3) is 3.36. The van der Waals surface area contributed by atoms with Gasteiger partial charge in [0.2, 0.25) is 0 Å². The summed E-state index contributed by atoms with van der Waals surface area (Å²) >= 11 is 6.90. The van der Waals surface area contributed by atoms with Gasteiger partial charge in [-0.2, -0.15) is 13.2 Å². The van der Waals surface area contributed by atoms with E-state index in [1.54, 1.807) is 6.20 Å². The van der Waals surface area contributed by atoms with Gasteiger partial charge in [-0.25, -0.2) is 4.98 Å². The van der Waals surface area contributed by atoms with E-state index in [0.717, 1.165) is 17.0 Å². The number of benzene rings is 1. The van der Waals surface area contributed by atoms with Crippen LogP contribution in [0.25, 0.3) is 0 Å². The summed E-state index contributed by atoms with van der Waals surface area (Å²) in [6.07, 6.45) is -2.76. The smallest absolute Gasteiger partial charge is 0.416 e. The van der Waals surface area contributed by atoms with Gasteiger partial charge in [-0.05, 0) is 24.3 Å². The molecule has 0 radical (unpaired) electrons. The first-order valence-electron chi connectivity index (χ1n) is 4.85. The highest BCUT2D eigenvalue weighted by Gasteiger charge is 2.29. The van der Waals surface area contributed by atoms with Crippen molar-refractivity contribution in [3.05, 3.63) is 45.4 Å². The van der Waals surface area contributed by atoms with Crippen LogP contribution in [0, 0.1) is 0 Å². The van der Waals surface area contributed by atoms with Crippen LogP contribution in [0.1, 0.15) is 10.4 Å².